The summed E-state index contributed by atoms with van der Waals surface area (Å²) in [6, 6.07) is 83.5. The molecule has 0 N–H and O–H groups in total. The predicted octanol–water partition coefficient (Wildman–Crippen LogP) is 15.9. The van der Waals surface area contributed by atoms with Gasteiger partial charge in [0.05, 0.1) is 11.4 Å². The summed E-state index contributed by atoms with van der Waals surface area (Å²) in [5, 5.41) is 4.93. The van der Waals surface area contributed by atoms with Crippen molar-refractivity contribution in [3.8, 4) is 44.5 Å². The monoisotopic (exact) mass is 738 g/mol. The van der Waals surface area contributed by atoms with E-state index in [1.54, 1.807) is 0 Å². The van der Waals surface area contributed by atoms with Crippen LogP contribution in [0.15, 0.2) is 231 Å². The highest BCUT2D eigenvalue weighted by Gasteiger charge is 2.25. The summed E-state index contributed by atoms with van der Waals surface area (Å²) < 4.78 is 0. The molecule has 2 heteroatoms. The van der Waals surface area contributed by atoms with Crippen LogP contribution in [0.25, 0.3) is 66.1 Å². The number of fused-ring (bicyclic) bond motifs is 6. The van der Waals surface area contributed by atoms with Gasteiger partial charge in [-0.1, -0.05) is 146 Å². The van der Waals surface area contributed by atoms with Gasteiger partial charge in [-0.15, -0.1) is 0 Å². The Morgan fingerprint density at radius 2 is 0.534 bits per heavy atom. The molecule has 0 saturated heterocycles. The van der Waals surface area contributed by atoms with Gasteiger partial charge < -0.3 is 9.80 Å². The van der Waals surface area contributed by atoms with Gasteiger partial charge in [0.15, 0.2) is 0 Å². The molecule has 0 fully saturated rings. The molecule has 58 heavy (non-hydrogen) atoms. The molecule has 2 nitrogen and oxygen atoms in total. The standard InChI is InChI=1S/C56H38N2/c1-5-17-39(18-6-1)49-25-13-15-27-55(49)57(45-21-9-3-10-22-45)47-31-29-41-35-51-52-36-42-30-32-48(34-44(42)38-54(52)53(51)37-43(41)33-47)58(46-23-11-4-12-24-46)56-28-16-14-26-50(56)40-19-7-2-8-20-40/h1-38H. The van der Waals surface area contributed by atoms with Crippen molar-refractivity contribution in [2.24, 2.45) is 0 Å². The number of benzene rings is 10. The molecule has 272 valence electrons. The zero-order valence-corrected chi connectivity index (χ0v) is 31.8. The Labute approximate surface area is 339 Å². The van der Waals surface area contributed by atoms with Crippen LogP contribution in [0.5, 0.6) is 0 Å². The molecular weight excluding hydrogens is 701 g/mol. The molecule has 0 atom stereocenters. The van der Waals surface area contributed by atoms with Gasteiger partial charge in [-0.25, -0.2) is 0 Å². The maximum absolute atomic E-state index is 2.39. The van der Waals surface area contributed by atoms with Crippen LogP contribution in [-0.4, -0.2) is 0 Å². The molecule has 0 saturated carbocycles. The minimum absolute atomic E-state index is 1.12. The SMILES string of the molecule is c1ccc(-c2ccccc2N(c2ccccc2)c2ccc3cc4c(cc3c2)-c2cc3cc(N(c5ccccc5)c5ccccc5-c5ccccc5)ccc3cc2-4)cc1. The minimum atomic E-state index is 1.12. The summed E-state index contributed by atoms with van der Waals surface area (Å²) in [5.41, 5.74) is 16.8. The lowest BCUT2D eigenvalue weighted by atomic mass is 9.78. The first-order valence-corrected chi connectivity index (χ1v) is 19.9. The lowest BCUT2D eigenvalue weighted by Crippen LogP contribution is -2.11. The maximum atomic E-state index is 2.39. The summed E-state index contributed by atoms with van der Waals surface area (Å²) >= 11 is 0. The molecule has 10 aromatic rings. The third-order valence-corrected chi connectivity index (χ3v) is 11.5. The molecule has 1 aliphatic rings. The van der Waals surface area contributed by atoms with Crippen molar-refractivity contribution in [1.29, 1.82) is 0 Å². The molecule has 0 spiro atoms. The van der Waals surface area contributed by atoms with Gasteiger partial charge in [-0.05, 0) is 140 Å². The quantitative estimate of drug-likeness (QED) is 0.153. The summed E-state index contributed by atoms with van der Waals surface area (Å²) in [4.78, 5) is 4.77. The average Bonchev–Trinajstić information content (AvgIpc) is 3.30. The van der Waals surface area contributed by atoms with Crippen molar-refractivity contribution >= 4 is 55.7 Å². The second-order valence-electron chi connectivity index (χ2n) is 15.0. The van der Waals surface area contributed by atoms with Crippen LogP contribution in [0.3, 0.4) is 0 Å². The lowest BCUT2D eigenvalue weighted by molar-refractivity contribution is 1.29. The Morgan fingerprint density at radius 3 is 0.931 bits per heavy atom. The topological polar surface area (TPSA) is 6.48 Å². The van der Waals surface area contributed by atoms with Gasteiger partial charge in [-0.3, -0.25) is 0 Å². The van der Waals surface area contributed by atoms with E-state index in [2.05, 4.69) is 240 Å². The molecule has 0 bridgehead atoms. The van der Waals surface area contributed by atoms with Crippen molar-refractivity contribution in [3.05, 3.63) is 231 Å². The highest BCUT2D eigenvalue weighted by Crippen LogP contribution is 2.52. The highest BCUT2D eigenvalue weighted by molar-refractivity contribution is 6.12. The molecule has 0 unspecified atom stereocenters. The molecule has 10 aromatic carbocycles. The number of rotatable bonds is 8. The molecule has 0 aliphatic heterocycles. The van der Waals surface area contributed by atoms with Crippen molar-refractivity contribution in [2.45, 2.75) is 0 Å². The van der Waals surface area contributed by atoms with Gasteiger partial charge >= 0.3 is 0 Å². The van der Waals surface area contributed by atoms with E-state index in [0.29, 0.717) is 0 Å². The van der Waals surface area contributed by atoms with Crippen LogP contribution in [0.4, 0.5) is 34.1 Å². The van der Waals surface area contributed by atoms with Crippen molar-refractivity contribution in [1.82, 2.24) is 0 Å². The Bertz CT molecular complexity index is 2890. The van der Waals surface area contributed by atoms with Crippen LogP contribution in [0.2, 0.25) is 0 Å². The Balaban J connectivity index is 1.01. The molecule has 1 aliphatic carbocycles. The third kappa shape index (κ3) is 5.82. The van der Waals surface area contributed by atoms with E-state index in [0.717, 1.165) is 34.1 Å². The Hall–Kier alpha value is -7.68. The Kier molecular flexibility index (Phi) is 8.19. The van der Waals surface area contributed by atoms with E-state index in [1.807, 2.05) is 0 Å². The van der Waals surface area contributed by atoms with Crippen molar-refractivity contribution in [3.63, 3.8) is 0 Å². The fraction of sp³-hybridized carbons (Fsp3) is 0. The molecule has 0 radical (unpaired) electrons. The molecule has 0 amide bonds. The largest absolute Gasteiger partial charge is 0.310 e. The van der Waals surface area contributed by atoms with E-state index < -0.39 is 0 Å². The summed E-state index contributed by atoms with van der Waals surface area (Å²) in [5.74, 6) is 0. The van der Waals surface area contributed by atoms with E-state index in [1.165, 1.54) is 66.1 Å². The van der Waals surface area contributed by atoms with Crippen LogP contribution >= 0.6 is 0 Å². The van der Waals surface area contributed by atoms with Crippen LogP contribution in [0, 0.1) is 0 Å². The van der Waals surface area contributed by atoms with Crippen LogP contribution < -0.4 is 9.80 Å². The second kappa shape index (κ2) is 14.1. The second-order valence-corrected chi connectivity index (χ2v) is 15.0. The molecular formula is C56H38N2. The third-order valence-electron chi connectivity index (χ3n) is 11.5. The van der Waals surface area contributed by atoms with Gasteiger partial charge in [-0.2, -0.15) is 0 Å². The normalized spacial score (nSPS) is 11.4. The van der Waals surface area contributed by atoms with E-state index in [-0.39, 0.29) is 0 Å². The molecule has 0 aromatic heterocycles. The van der Waals surface area contributed by atoms with Crippen molar-refractivity contribution < 1.29 is 0 Å². The van der Waals surface area contributed by atoms with E-state index >= 15 is 0 Å². The van der Waals surface area contributed by atoms with Gasteiger partial charge in [0.1, 0.15) is 0 Å². The number of para-hydroxylation sites is 4. The van der Waals surface area contributed by atoms with Gasteiger partial charge in [0.25, 0.3) is 0 Å². The van der Waals surface area contributed by atoms with Crippen LogP contribution in [0.1, 0.15) is 0 Å². The summed E-state index contributed by atoms with van der Waals surface area (Å²) in [6.45, 7) is 0. The smallest absolute Gasteiger partial charge is 0.0540 e. The lowest BCUT2D eigenvalue weighted by Gasteiger charge is -2.30. The van der Waals surface area contributed by atoms with Gasteiger partial charge in [0, 0.05) is 33.9 Å². The maximum Gasteiger partial charge on any atom is 0.0540 e. The highest BCUT2D eigenvalue weighted by atomic mass is 15.1. The first-order chi connectivity index (χ1) is 28.8. The number of nitrogens with zero attached hydrogens (tertiary/aromatic N) is 2. The average molecular weight is 739 g/mol. The van der Waals surface area contributed by atoms with Crippen molar-refractivity contribution in [2.75, 3.05) is 9.80 Å². The summed E-state index contributed by atoms with van der Waals surface area (Å²) in [7, 11) is 0. The zero-order valence-electron chi connectivity index (χ0n) is 31.8. The van der Waals surface area contributed by atoms with Gasteiger partial charge in [0.2, 0.25) is 0 Å². The minimum Gasteiger partial charge on any atom is -0.310 e. The fourth-order valence-corrected chi connectivity index (χ4v) is 8.75. The molecule has 0 heterocycles. The number of hydrogen-bond acceptors (Lipinski definition) is 2. The van der Waals surface area contributed by atoms with E-state index in [9.17, 15) is 0 Å². The van der Waals surface area contributed by atoms with E-state index in [4.69, 9.17) is 0 Å². The zero-order chi connectivity index (χ0) is 38.4. The predicted molar refractivity (Wildman–Crippen MR) is 246 cm³/mol. The number of anilines is 6. The first kappa shape index (κ1) is 33.6. The number of hydrogen-bond donors (Lipinski definition) is 0. The molecule has 11 rings (SSSR count). The van der Waals surface area contributed by atoms with Crippen LogP contribution in [-0.2, 0) is 0 Å². The summed E-state index contributed by atoms with van der Waals surface area (Å²) in [6.07, 6.45) is 0. The fourth-order valence-electron chi connectivity index (χ4n) is 8.75. The first-order valence-electron chi connectivity index (χ1n) is 19.9. The Morgan fingerprint density at radius 1 is 0.207 bits per heavy atom.